The molecule has 0 radical (unpaired) electrons. The van der Waals surface area contributed by atoms with Crippen LogP contribution in [0, 0.1) is 13.8 Å². The molecule has 0 saturated carbocycles. The van der Waals surface area contributed by atoms with Crippen molar-refractivity contribution in [2.75, 3.05) is 12.4 Å². The van der Waals surface area contributed by atoms with Gasteiger partial charge in [-0.25, -0.2) is 0 Å². The number of aromatic nitrogens is 2. The van der Waals surface area contributed by atoms with Crippen LogP contribution < -0.4 is 15.4 Å². The second-order valence-electron chi connectivity index (χ2n) is 6.42. The van der Waals surface area contributed by atoms with Gasteiger partial charge in [0.25, 0.3) is 5.91 Å². The maximum Gasteiger partial charge on any atom is 0.257 e. The Morgan fingerprint density at radius 2 is 1.79 bits per heavy atom. The molecule has 0 aliphatic rings. The Labute approximate surface area is 169 Å². The highest BCUT2D eigenvalue weighted by Crippen LogP contribution is 2.17. The Bertz CT molecular complexity index is 959. The van der Waals surface area contributed by atoms with Crippen molar-refractivity contribution in [1.82, 2.24) is 15.5 Å². The molecule has 0 aliphatic carbocycles. The first-order valence-electron chi connectivity index (χ1n) is 8.82. The largest absolute Gasteiger partial charge is 0.497 e. The molecule has 6 nitrogen and oxygen atoms in total. The molecule has 2 aromatic carbocycles. The fourth-order valence-electron chi connectivity index (χ4n) is 2.82. The lowest BCUT2D eigenvalue weighted by atomic mass is 10.0. The number of nitrogens with one attached hydrogen (secondary N) is 3. The molecule has 3 aromatic rings. The van der Waals surface area contributed by atoms with Gasteiger partial charge >= 0.3 is 0 Å². The molecule has 0 unspecified atom stereocenters. The van der Waals surface area contributed by atoms with Gasteiger partial charge in [0.1, 0.15) is 5.75 Å². The summed E-state index contributed by atoms with van der Waals surface area (Å²) in [7, 11) is 1.58. The lowest BCUT2D eigenvalue weighted by Gasteiger charge is -2.11. The maximum absolute atomic E-state index is 12.3. The van der Waals surface area contributed by atoms with Gasteiger partial charge in [-0.1, -0.05) is 12.1 Å². The summed E-state index contributed by atoms with van der Waals surface area (Å²) in [5, 5.41) is 13.2. The number of thiocarbonyl (C=S) groups is 1. The number of ether oxygens (including phenoxy) is 1. The predicted octanol–water partition coefficient (Wildman–Crippen LogP) is 3.75. The number of amides is 1. The van der Waals surface area contributed by atoms with Gasteiger partial charge in [-0.2, -0.15) is 5.10 Å². The van der Waals surface area contributed by atoms with Crippen LogP contribution >= 0.6 is 12.2 Å². The monoisotopic (exact) mass is 394 g/mol. The quantitative estimate of drug-likeness (QED) is 0.575. The summed E-state index contributed by atoms with van der Waals surface area (Å²) in [6.07, 6.45) is 0.813. The van der Waals surface area contributed by atoms with Gasteiger partial charge in [-0.05, 0) is 68.0 Å². The number of aryl methyl sites for hydroxylation is 2. The lowest BCUT2D eigenvalue weighted by Crippen LogP contribution is -2.34. The SMILES string of the molecule is COc1ccc(C(=O)NC(=S)Nc2ccc(Cc3c(C)n[nH]c3C)cc2)cc1. The molecule has 1 amide bonds. The van der Waals surface area contributed by atoms with E-state index in [2.05, 4.69) is 20.8 Å². The van der Waals surface area contributed by atoms with Crippen molar-refractivity contribution in [1.29, 1.82) is 0 Å². The van der Waals surface area contributed by atoms with Crippen LogP contribution in [-0.2, 0) is 6.42 Å². The topological polar surface area (TPSA) is 79.0 Å². The predicted molar refractivity (Wildman–Crippen MR) is 114 cm³/mol. The van der Waals surface area contributed by atoms with E-state index < -0.39 is 0 Å². The number of carbonyl (C=O) groups excluding carboxylic acids is 1. The van der Waals surface area contributed by atoms with Crippen molar-refractivity contribution in [2.45, 2.75) is 20.3 Å². The molecule has 0 fully saturated rings. The minimum Gasteiger partial charge on any atom is -0.497 e. The zero-order chi connectivity index (χ0) is 20.1. The normalized spacial score (nSPS) is 10.4. The first-order chi connectivity index (χ1) is 13.5. The number of aromatic amines is 1. The fourth-order valence-corrected chi connectivity index (χ4v) is 3.04. The van der Waals surface area contributed by atoms with Crippen LogP contribution in [0.4, 0.5) is 5.69 Å². The molecule has 0 saturated heterocycles. The van der Waals surface area contributed by atoms with Gasteiger partial charge in [0, 0.05) is 28.9 Å². The summed E-state index contributed by atoms with van der Waals surface area (Å²) in [6.45, 7) is 4.02. The second-order valence-corrected chi connectivity index (χ2v) is 6.83. The van der Waals surface area contributed by atoms with Gasteiger partial charge in [0.15, 0.2) is 5.11 Å². The van der Waals surface area contributed by atoms with E-state index in [1.807, 2.05) is 38.1 Å². The molecule has 7 heteroatoms. The molecular weight excluding hydrogens is 372 g/mol. The maximum atomic E-state index is 12.3. The molecule has 3 rings (SSSR count). The van der Waals surface area contributed by atoms with Crippen LogP contribution in [0.15, 0.2) is 48.5 Å². The molecule has 0 spiro atoms. The van der Waals surface area contributed by atoms with E-state index >= 15 is 0 Å². The van der Waals surface area contributed by atoms with Crippen molar-refractivity contribution in [3.63, 3.8) is 0 Å². The van der Waals surface area contributed by atoms with Crippen LogP contribution in [-0.4, -0.2) is 28.3 Å². The van der Waals surface area contributed by atoms with Crippen LogP contribution in [0.5, 0.6) is 5.75 Å². The molecule has 0 aliphatic heterocycles. The van der Waals surface area contributed by atoms with E-state index in [4.69, 9.17) is 17.0 Å². The Kier molecular flexibility index (Phi) is 6.06. The number of hydrogen-bond donors (Lipinski definition) is 3. The minimum atomic E-state index is -0.275. The van der Waals surface area contributed by atoms with Crippen molar-refractivity contribution < 1.29 is 9.53 Å². The average Bonchev–Trinajstić information content (AvgIpc) is 3.01. The van der Waals surface area contributed by atoms with Crippen molar-refractivity contribution in [3.8, 4) is 5.75 Å². The molecular formula is C21H22N4O2S. The molecule has 1 heterocycles. The minimum absolute atomic E-state index is 0.245. The lowest BCUT2D eigenvalue weighted by molar-refractivity contribution is 0.0977. The molecule has 1 aromatic heterocycles. The van der Waals surface area contributed by atoms with E-state index in [9.17, 15) is 4.79 Å². The summed E-state index contributed by atoms with van der Waals surface area (Å²) < 4.78 is 5.09. The highest BCUT2D eigenvalue weighted by molar-refractivity contribution is 7.80. The smallest absolute Gasteiger partial charge is 0.257 e. The Morgan fingerprint density at radius 1 is 1.11 bits per heavy atom. The number of carbonyl (C=O) groups is 1. The molecule has 28 heavy (non-hydrogen) atoms. The van der Waals surface area contributed by atoms with E-state index in [1.165, 1.54) is 11.1 Å². The number of rotatable bonds is 5. The van der Waals surface area contributed by atoms with Crippen LogP contribution in [0.2, 0.25) is 0 Å². The third-order valence-corrected chi connectivity index (χ3v) is 4.66. The zero-order valence-corrected chi connectivity index (χ0v) is 16.8. The summed E-state index contributed by atoms with van der Waals surface area (Å²) in [5.74, 6) is 0.417. The van der Waals surface area contributed by atoms with Gasteiger partial charge in [0.05, 0.1) is 12.8 Å². The fraction of sp³-hybridized carbons (Fsp3) is 0.190. The van der Waals surface area contributed by atoms with E-state index in [0.29, 0.717) is 11.3 Å². The average molecular weight is 395 g/mol. The first-order valence-corrected chi connectivity index (χ1v) is 9.23. The number of anilines is 1. The standard InChI is InChI=1S/C21H22N4O2S/c1-13-19(14(2)25-24-13)12-15-4-8-17(9-5-15)22-21(28)23-20(26)16-6-10-18(27-3)11-7-16/h4-11H,12H2,1-3H3,(H,24,25)(H2,22,23,26,28). The Morgan fingerprint density at radius 3 is 2.36 bits per heavy atom. The van der Waals surface area contributed by atoms with E-state index in [0.717, 1.165) is 23.5 Å². The second kappa shape index (κ2) is 8.67. The van der Waals surface area contributed by atoms with Crippen LogP contribution in [0.1, 0.15) is 32.9 Å². The Balaban J connectivity index is 1.57. The van der Waals surface area contributed by atoms with Crippen molar-refractivity contribution in [2.24, 2.45) is 0 Å². The zero-order valence-electron chi connectivity index (χ0n) is 16.0. The Hall–Kier alpha value is -3.19. The number of benzene rings is 2. The number of H-pyrrole nitrogens is 1. The summed E-state index contributed by atoms with van der Waals surface area (Å²) >= 11 is 5.24. The molecule has 3 N–H and O–H groups in total. The number of nitrogens with zero attached hydrogens (tertiary/aromatic N) is 1. The van der Waals surface area contributed by atoms with Gasteiger partial charge < -0.3 is 10.1 Å². The molecule has 144 valence electrons. The summed E-state index contributed by atoms with van der Waals surface area (Å²) in [6, 6.07) is 14.8. The van der Waals surface area contributed by atoms with Crippen LogP contribution in [0.25, 0.3) is 0 Å². The summed E-state index contributed by atoms with van der Waals surface area (Å²) in [5.41, 5.74) is 5.80. The van der Waals surface area contributed by atoms with Crippen molar-refractivity contribution >= 4 is 28.9 Å². The molecule has 0 atom stereocenters. The van der Waals surface area contributed by atoms with Crippen LogP contribution in [0.3, 0.4) is 0 Å². The van der Waals surface area contributed by atoms with E-state index in [1.54, 1.807) is 31.4 Å². The first kappa shape index (κ1) is 19.6. The van der Waals surface area contributed by atoms with E-state index in [-0.39, 0.29) is 11.0 Å². The van der Waals surface area contributed by atoms with Gasteiger partial charge in [-0.15, -0.1) is 0 Å². The van der Waals surface area contributed by atoms with Gasteiger partial charge in [0.2, 0.25) is 0 Å². The summed E-state index contributed by atoms with van der Waals surface area (Å²) in [4.78, 5) is 12.3. The highest BCUT2D eigenvalue weighted by atomic mass is 32.1. The van der Waals surface area contributed by atoms with Gasteiger partial charge in [-0.3, -0.25) is 15.2 Å². The van der Waals surface area contributed by atoms with Crippen molar-refractivity contribution in [3.05, 3.63) is 76.6 Å². The number of methoxy groups -OCH3 is 1. The third-order valence-electron chi connectivity index (χ3n) is 4.45. The third kappa shape index (κ3) is 4.75. The highest BCUT2D eigenvalue weighted by Gasteiger charge is 2.09. The molecule has 0 bridgehead atoms. The number of hydrogen-bond acceptors (Lipinski definition) is 4.